The van der Waals surface area contributed by atoms with Crippen LogP contribution >= 0.6 is 0 Å². The van der Waals surface area contributed by atoms with Gasteiger partial charge in [-0.3, -0.25) is 4.79 Å². The first-order valence-electron chi connectivity index (χ1n) is 7.13. The molecule has 1 unspecified atom stereocenters. The van der Waals surface area contributed by atoms with Crippen molar-refractivity contribution in [2.75, 3.05) is 25.5 Å². The maximum atomic E-state index is 12.2. The van der Waals surface area contributed by atoms with Crippen molar-refractivity contribution in [1.82, 2.24) is 10.3 Å². The van der Waals surface area contributed by atoms with Crippen molar-refractivity contribution in [2.45, 2.75) is 20.0 Å². The van der Waals surface area contributed by atoms with Gasteiger partial charge in [-0.15, -0.1) is 0 Å². The summed E-state index contributed by atoms with van der Waals surface area (Å²) in [5, 5.41) is 6.95. The zero-order valence-corrected chi connectivity index (χ0v) is 12.6. The highest BCUT2D eigenvalue weighted by molar-refractivity contribution is 5.99. The summed E-state index contributed by atoms with van der Waals surface area (Å²) < 4.78 is 5.40. The standard InChI is InChI=1S/C16H21N3O2/c1-4-21-11(2)10-18-16(20)15-9-14(17-3)12-7-5-6-8-13(12)19-15/h5-9,11H,4,10H2,1-3H3,(H,17,19)(H,18,20). The van der Waals surface area contributed by atoms with Gasteiger partial charge < -0.3 is 15.4 Å². The van der Waals surface area contributed by atoms with Crippen molar-refractivity contribution in [1.29, 1.82) is 0 Å². The predicted molar refractivity (Wildman–Crippen MR) is 84.7 cm³/mol. The molecule has 1 aromatic heterocycles. The van der Waals surface area contributed by atoms with E-state index in [0.717, 1.165) is 16.6 Å². The van der Waals surface area contributed by atoms with E-state index in [4.69, 9.17) is 4.74 Å². The molecule has 21 heavy (non-hydrogen) atoms. The van der Waals surface area contributed by atoms with E-state index in [1.807, 2.05) is 45.2 Å². The smallest absolute Gasteiger partial charge is 0.270 e. The van der Waals surface area contributed by atoms with Gasteiger partial charge in [0.2, 0.25) is 0 Å². The number of anilines is 1. The largest absolute Gasteiger partial charge is 0.388 e. The molecular formula is C16H21N3O2. The molecule has 5 nitrogen and oxygen atoms in total. The summed E-state index contributed by atoms with van der Waals surface area (Å²) in [4.78, 5) is 16.6. The number of ether oxygens (including phenoxy) is 1. The SMILES string of the molecule is CCOC(C)CNC(=O)c1cc(NC)c2ccccc2n1. The van der Waals surface area contributed by atoms with E-state index in [1.54, 1.807) is 6.07 Å². The van der Waals surface area contributed by atoms with E-state index in [0.29, 0.717) is 18.8 Å². The first-order chi connectivity index (χ1) is 10.2. The minimum Gasteiger partial charge on any atom is -0.388 e. The van der Waals surface area contributed by atoms with Gasteiger partial charge in [-0.25, -0.2) is 4.98 Å². The number of hydrogen-bond acceptors (Lipinski definition) is 4. The average molecular weight is 287 g/mol. The molecule has 1 atom stereocenters. The Bertz CT molecular complexity index is 628. The summed E-state index contributed by atoms with van der Waals surface area (Å²) in [7, 11) is 1.83. The number of aromatic nitrogens is 1. The monoisotopic (exact) mass is 287 g/mol. The molecule has 1 amide bonds. The Hall–Kier alpha value is -2.14. The van der Waals surface area contributed by atoms with Crippen LogP contribution in [-0.2, 0) is 4.74 Å². The third kappa shape index (κ3) is 3.70. The summed E-state index contributed by atoms with van der Waals surface area (Å²) in [6, 6.07) is 9.51. The molecule has 2 N–H and O–H groups in total. The van der Waals surface area contributed by atoms with Crippen molar-refractivity contribution < 1.29 is 9.53 Å². The summed E-state index contributed by atoms with van der Waals surface area (Å²) in [5.41, 5.74) is 2.10. The lowest BCUT2D eigenvalue weighted by Crippen LogP contribution is -2.32. The Morgan fingerprint density at radius 1 is 1.38 bits per heavy atom. The van der Waals surface area contributed by atoms with E-state index in [2.05, 4.69) is 15.6 Å². The molecular weight excluding hydrogens is 266 g/mol. The molecule has 2 rings (SSSR count). The van der Waals surface area contributed by atoms with Gasteiger partial charge in [0.25, 0.3) is 5.91 Å². The van der Waals surface area contributed by atoms with Crippen molar-refractivity contribution >= 4 is 22.5 Å². The maximum absolute atomic E-state index is 12.2. The van der Waals surface area contributed by atoms with Gasteiger partial charge in [0.15, 0.2) is 0 Å². The number of pyridine rings is 1. The second kappa shape index (κ2) is 7.04. The number of rotatable bonds is 6. The molecule has 0 aliphatic heterocycles. The second-order valence-corrected chi connectivity index (χ2v) is 4.80. The van der Waals surface area contributed by atoms with Crippen LogP contribution in [-0.4, -0.2) is 37.2 Å². The highest BCUT2D eigenvalue weighted by atomic mass is 16.5. The fourth-order valence-electron chi connectivity index (χ4n) is 2.17. The molecule has 5 heteroatoms. The second-order valence-electron chi connectivity index (χ2n) is 4.80. The van der Waals surface area contributed by atoms with E-state index in [1.165, 1.54) is 0 Å². The molecule has 0 radical (unpaired) electrons. The van der Waals surface area contributed by atoms with Crippen LogP contribution in [0.2, 0.25) is 0 Å². The summed E-state index contributed by atoms with van der Waals surface area (Å²) in [6.07, 6.45) is -0.0109. The minimum absolute atomic E-state index is 0.0109. The number of benzene rings is 1. The fraction of sp³-hybridized carbons (Fsp3) is 0.375. The van der Waals surface area contributed by atoms with Crippen LogP contribution in [0, 0.1) is 0 Å². The van der Waals surface area contributed by atoms with Crippen LogP contribution in [0.5, 0.6) is 0 Å². The first-order valence-corrected chi connectivity index (χ1v) is 7.13. The minimum atomic E-state index is -0.191. The normalized spacial score (nSPS) is 12.1. The lowest BCUT2D eigenvalue weighted by Gasteiger charge is -2.13. The third-order valence-electron chi connectivity index (χ3n) is 3.22. The van der Waals surface area contributed by atoms with Crippen LogP contribution in [0.4, 0.5) is 5.69 Å². The molecule has 1 aromatic carbocycles. The summed E-state index contributed by atoms with van der Waals surface area (Å²) >= 11 is 0. The number of carbonyl (C=O) groups excluding carboxylic acids is 1. The molecule has 2 aromatic rings. The molecule has 0 saturated heterocycles. The Morgan fingerprint density at radius 2 is 2.14 bits per heavy atom. The fourth-order valence-corrected chi connectivity index (χ4v) is 2.17. The molecule has 0 bridgehead atoms. The lowest BCUT2D eigenvalue weighted by molar-refractivity contribution is 0.0693. The van der Waals surface area contributed by atoms with Gasteiger partial charge in [-0.1, -0.05) is 18.2 Å². The number of nitrogens with zero attached hydrogens (tertiary/aromatic N) is 1. The number of hydrogen-bond donors (Lipinski definition) is 2. The van der Waals surface area contributed by atoms with Gasteiger partial charge in [-0.2, -0.15) is 0 Å². The van der Waals surface area contributed by atoms with E-state index < -0.39 is 0 Å². The predicted octanol–water partition coefficient (Wildman–Crippen LogP) is 2.43. The third-order valence-corrected chi connectivity index (χ3v) is 3.22. The van der Waals surface area contributed by atoms with Crippen LogP contribution in [0.3, 0.4) is 0 Å². The van der Waals surface area contributed by atoms with Crippen molar-refractivity contribution in [3.63, 3.8) is 0 Å². The Balaban J connectivity index is 2.19. The van der Waals surface area contributed by atoms with E-state index in [9.17, 15) is 4.79 Å². The zero-order valence-electron chi connectivity index (χ0n) is 12.6. The Labute approximate surface area is 124 Å². The molecule has 0 aliphatic carbocycles. The van der Waals surface area contributed by atoms with Gasteiger partial charge in [0.05, 0.1) is 11.6 Å². The maximum Gasteiger partial charge on any atom is 0.270 e. The molecule has 112 valence electrons. The molecule has 0 aliphatic rings. The van der Waals surface area contributed by atoms with Gasteiger partial charge in [0.1, 0.15) is 5.69 Å². The van der Waals surface area contributed by atoms with Crippen molar-refractivity contribution in [2.24, 2.45) is 0 Å². The molecule has 0 saturated carbocycles. The van der Waals surface area contributed by atoms with Gasteiger partial charge in [-0.05, 0) is 26.0 Å². The summed E-state index contributed by atoms with van der Waals surface area (Å²) in [5.74, 6) is -0.191. The number of amides is 1. The highest BCUT2D eigenvalue weighted by Gasteiger charge is 2.12. The number of para-hydroxylation sites is 1. The number of nitrogens with one attached hydrogen (secondary N) is 2. The Kier molecular flexibility index (Phi) is 5.11. The Morgan fingerprint density at radius 3 is 2.86 bits per heavy atom. The van der Waals surface area contributed by atoms with Gasteiger partial charge >= 0.3 is 0 Å². The summed E-state index contributed by atoms with van der Waals surface area (Å²) in [6.45, 7) is 4.96. The van der Waals surface area contributed by atoms with Crippen molar-refractivity contribution in [3.8, 4) is 0 Å². The first kappa shape index (κ1) is 15.3. The zero-order chi connectivity index (χ0) is 15.2. The lowest BCUT2D eigenvalue weighted by atomic mass is 10.1. The van der Waals surface area contributed by atoms with Crippen LogP contribution in [0.1, 0.15) is 24.3 Å². The van der Waals surface area contributed by atoms with Crippen LogP contribution < -0.4 is 10.6 Å². The highest BCUT2D eigenvalue weighted by Crippen LogP contribution is 2.22. The van der Waals surface area contributed by atoms with E-state index >= 15 is 0 Å². The average Bonchev–Trinajstić information content (AvgIpc) is 2.51. The molecule has 0 fully saturated rings. The quantitative estimate of drug-likeness (QED) is 0.856. The van der Waals surface area contributed by atoms with Gasteiger partial charge in [0, 0.05) is 31.3 Å². The molecule has 1 heterocycles. The van der Waals surface area contributed by atoms with E-state index in [-0.39, 0.29) is 12.0 Å². The number of fused-ring (bicyclic) bond motifs is 1. The topological polar surface area (TPSA) is 63.2 Å². The van der Waals surface area contributed by atoms with Crippen LogP contribution in [0.15, 0.2) is 30.3 Å². The van der Waals surface area contributed by atoms with Crippen molar-refractivity contribution in [3.05, 3.63) is 36.0 Å². The number of carbonyl (C=O) groups is 1. The molecule has 0 spiro atoms. The van der Waals surface area contributed by atoms with Crippen LogP contribution in [0.25, 0.3) is 10.9 Å².